The van der Waals surface area contributed by atoms with Crippen molar-refractivity contribution in [3.63, 3.8) is 0 Å². The summed E-state index contributed by atoms with van der Waals surface area (Å²) in [6, 6.07) is 4.24. The summed E-state index contributed by atoms with van der Waals surface area (Å²) in [7, 11) is 0. The highest BCUT2D eigenvalue weighted by Crippen LogP contribution is 2.24. The lowest BCUT2D eigenvalue weighted by molar-refractivity contribution is 0.587. The van der Waals surface area contributed by atoms with Crippen LogP contribution in [0.25, 0.3) is 0 Å². The highest BCUT2D eigenvalue weighted by molar-refractivity contribution is 7.98. The Morgan fingerprint density at radius 3 is 2.50 bits per heavy atom. The van der Waals surface area contributed by atoms with Crippen molar-refractivity contribution in [1.29, 1.82) is 0 Å². The maximum Gasteiger partial charge on any atom is 0.0960 e. The molecule has 0 aliphatic rings. The molecule has 1 aromatic rings. The van der Waals surface area contributed by atoms with Crippen LogP contribution >= 0.6 is 11.8 Å². The first kappa shape index (κ1) is 9.59. The van der Waals surface area contributed by atoms with Gasteiger partial charge in [-0.05, 0) is 29.4 Å². The van der Waals surface area contributed by atoms with Crippen LogP contribution in [0.3, 0.4) is 0 Å². The van der Waals surface area contributed by atoms with Gasteiger partial charge in [-0.15, -0.1) is 11.8 Å². The highest BCUT2D eigenvalue weighted by Gasteiger charge is 2.13. The second kappa shape index (κ2) is 3.48. The van der Waals surface area contributed by atoms with E-state index in [9.17, 15) is 0 Å². The largest absolute Gasteiger partial charge is 0.250 e. The molecule has 0 aliphatic heterocycles. The van der Waals surface area contributed by atoms with Crippen molar-refractivity contribution < 1.29 is 0 Å². The van der Waals surface area contributed by atoms with Crippen molar-refractivity contribution in [3.05, 3.63) is 23.9 Å². The molecule has 0 fully saturated rings. The second-order valence-electron chi connectivity index (χ2n) is 3.84. The second-order valence-corrected chi connectivity index (χ2v) is 4.66. The minimum Gasteiger partial charge on any atom is -0.250 e. The van der Waals surface area contributed by atoms with Crippen molar-refractivity contribution in [2.24, 2.45) is 0 Å². The van der Waals surface area contributed by atoms with E-state index in [4.69, 9.17) is 0 Å². The SMILES string of the molecule is CSc1cc(C(C)(C)C)ccn1. The fourth-order valence-corrected chi connectivity index (χ4v) is 1.40. The highest BCUT2D eigenvalue weighted by atomic mass is 32.2. The molecule has 0 spiro atoms. The molecule has 0 saturated carbocycles. The molecule has 1 heterocycles. The van der Waals surface area contributed by atoms with Crippen LogP contribution in [0.1, 0.15) is 26.3 Å². The molecule has 0 amide bonds. The van der Waals surface area contributed by atoms with E-state index >= 15 is 0 Å². The van der Waals surface area contributed by atoms with Gasteiger partial charge in [-0.1, -0.05) is 20.8 Å². The molecule has 2 heteroatoms. The third-order valence-electron chi connectivity index (χ3n) is 1.81. The number of rotatable bonds is 1. The minimum absolute atomic E-state index is 0.230. The standard InChI is InChI=1S/C10H15NS/c1-10(2,3)8-5-6-11-9(7-8)12-4/h5-7H,1-4H3. The Labute approximate surface area is 78.6 Å². The zero-order chi connectivity index (χ0) is 9.19. The average Bonchev–Trinajstić information content (AvgIpc) is 2.03. The van der Waals surface area contributed by atoms with Gasteiger partial charge in [0.15, 0.2) is 0 Å². The maximum absolute atomic E-state index is 4.23. The van der Waals surface area contributed by atoms with Gasteiger partial charge in [0, 0.05) is 6.20 Å². The Morgan fingerprint density at radius 1 is 1.33 bits per heavy atom. The summed E-state index contributed by atoms with van der Waals surface area (Å²) < 4.78 is 0. The molecule has 1 nitrogen and oxygen atoms in total. The van der Waals surface area contributed by atoms with Crippen LogP contribution in [0, 0.1) is 0 Å². The van der Waals surface area contributed by atoms with E-state index in [2.05, 4.69) is 44.1 Å². The number of hydrogen-bond donors (Lipinski definition) is 0. The fraction of sp³-hybridized carbons (Fsp3) is 0.500. The Balaban J connectivity index is 3.02. The third-order valence-corrected chi connectivity index (χ3v) is 2.45. The lowest BCUT2D eigenvalue weighted by Crippen LogP contribution is -2.10. The van der Waals surface area contributed by atoms with Crippen molar-refractivity contribution in [2.75, 3.05) is 6.26 Å². The van der Waals surface area contributed by atoms with E-state index in [0.717, 1.165) is 5.03 Å². The van der Waals surface area contributed by atoms with Gasteiger partial charge in [-0.2, -0.15) is 0 Å². The molecule has 0 N–H and O–H groups in total. The Morgan fingerprint density at radius 2 is 2.00 bits per heavy atom. The number of hydrogen-bond acceptors (Lipinski definition) is 2. The molecule has 66 valence electrons. The molecule has 0 aromatic carbocycles. The molecule has 12 heavy (non-hydrogen) atoms. The van der Waals surface area contributed by atoms with Gasteiger partial charge in [0.05, 0.1) is 5.03 Å². The summed E-state index contributed by atoms with van der Waals surface area (Å²) in [4.78, 5) is 4.23. The van der Waals surface area contributed by atoms with Crippen LogP contribution < -0.4 is 0 Å². The molecular weight excluding hydrogens is 166 g/mol. The first-order valence-corrected chi connectivity index (χ1v) is 5.27. The van der Waals surface area contributed by atoms with E-state index in [1.807, 2.05) is 6.20 Å². The number of aromatic nitrogens is 1. The zero-order valence-corrected chi connectivity index (χ0v) is 8.90. The van der Waals surface area contributed by atoms with Gasteiger partial charge in [0.25, 0.3) is 0 Å². The summed E-state index contributed by atoms with van der Waals surface area (Å²) in [5.41, 5.74) is 1.58. The van der Waals surface area contributed by atoms with Gasteiger partial charge in [0.2, 0.25) is 0 Å². The fourth-order valence-electron chi connectivity index (χ4n) is 0.988. The Hall–Kier alpha value is -0.500. The monoisotopic (exact) mass is 181 g/mol. The number of nitrogens with zero attached hydrogens (tertiary/aromatic N) is 1. The topological polar surface area (TPSA) is 12.9 Å². The van der Waals surface area contributed by atoms with Crippen LogP contribution in [0.4, 0.5) is 0 Å². The van der Waals surface area contributed by atoms with E-state index < -0.39 is 0 Å². The predicted octanol–water partition coefficient (Wildman–Crippen LogP) is 3.10. The molecule has 0 unspecified atom stereocenters. The first-order chi connectivity index (χ1) is 5.54. The summed E-state index contributed by atoms with van der Waals surface area (Å²) in [6.45, 7) is 6.64. The van der Waals surface area contributed by atoms with Crippen LogP contribution in [0.15, 0.2) is 23.4 Å². The van der Waals surface area contributed by atoms with E-state index in [-0.39, 0.29) is 5.41 Å². The minimum atomic E-state index is 0.230. The molecule has 0 saturated heterocycles. The van der Waals surface area contributed by atoms with Crippen LogP contribution in [0.5, 0.6) is 0 Å². The molecule has 1 aromatic heterocycles. The molecule has 0 aliphatic carbocycles. The molecule has 0 radical (unpaired) electrons. The number of thioether (sulfide) groups is 1. The van der Waals surface area contributed by atoms with Crippen LogP contribution in [-0.2, 0) is 5.41 Å². The summed E-state index contributed by atoms with van der Waals surface area (Å²) in [5.74, 6) is 0. The summed E-state index contributed by atoms with van der Waals surface area (Å²) >= 11 is 1.69. The average molecular weight is 181 g/mol. The Bertz CT molecular complexity index is 263. The van der Waals surface area contributed by atoms with Gasteiger partial charge in [0.1, 0.15) is 0 Å². The lowest BCUT2D eigenvalue weighted by atomic mass is 9.88. The quantitative estimate of drug-likeness (QED) is 0.617. The first-order valence-electron chi connectivity index (χ1n) is 4.04. The van der Waals surface area contributed by atoms with Gasteiger partial charge in [-0.3, -0.25) is 0 Å². The van der Waals surface area contributed by atoms with Crippen LogP contribution in [-0.4, -0.2) is 11.2 Å². The maximum atomic E-state index is 4.23. The van der Waals surface area contributed by atoms with Gasteiger partial charge < -0.3 is 0 Å². The van der Waals surface area contributed by atoms with Crippen molar-refractivity contribution in [1.82, 2.24) is 4.98 Å². The molecular formula is C10H15NS. The van der Waals surface area contributed by atoms with Crippen molar-refractivity contribution >= 4 is 11.8 Å². The summed E-state index contributed by atoms with van der Waals surface area (Å²) in [6.07, 6.45) is 3.93. The Kier molecular flexibility index (Phi) is 2.78. The van der Waals surface area contributed by atoms with E-state index in [1.165, 1.54) is 5.56 Å². The van der Waals surface area contributed by atoms with Gasteiger partial charge in [-0.25, -0.2) is 4.98 Å². The third kappa shape index (κ3) is 2.24. The van der Waals surface area contributed by atoms with Crippen molar-refractivity contribution in [3.8, 4) is 0 Å². The molecule has 0 atom stereocenters. The lowest BCUT2D eigenvalue weighted by Gasteiger charge is -2.18. The zero-order valence-electron chi connectivity index (χ0n) is 8.09. The van der Waals surface area contributed by atoms with Crippen LogP contribution in [0.2, 0.25) is 0 Å². The van der Waals surface area contributed by atoms with E-state index in [1.54, 1.807) is 11.8 Å². The van der Waals surface area contributed by atoms with Gasteiger partial charge >= 0.3 is 0 Å². The predicted molar refractivity (Wildman–Crippen MR) is 54.7 cm³/mol. The molecule has 1 rings (SSSR count). The normalized spacial score (nSPS) is 11.7. The van der Waals surface area contributed by atoms with E-state index in [0.29, 0.717) is 0 Å². The molecule has 0 bridgehead atoms. The van der Waals surface area contributed by atoms with Crippen molar-refractivity contribution in [2.45, 2.75) is 31.2 Å². The smallest absolute Gasteiger partial charge is 0.0960 e. The number of pyridine rings is 1. The summed E-state index contributed by atoms with van der Waals surface area (Å²) in [5, 5.41) is 1.10.